The Morgan fingerprint density at radius 2 is 2.00 bits per heavy atom. The molecular formula is C16H19ClN2O2. The van der Waals surface area contributed by atoms with E-state index in [2.05, 4.69) is 5.32 Å². The number of halogens is 1. The van der Waals surface area contributed by atoms with E-state index in [-0.39, 0.29) is 18.1 Å². The van der Waals surface area contributed by atoms with Gasteiger partial charge in [0.1, 0.15) is 6.04 Å². The van der Waals surface area contributed by atoms with Gasteiger partial charge in [-0.3, -0.25) is 4.79 Å². The van der Waals surface area contributed by atoms with Crippen molar-refractivity contribution in [3.63, 3.8) is 0 Å². The first-order chi connectivity index (χ1) is 10.1. The summed E-state index contributed by atoms with van der Waals surface area (Å²) in [4.78, 5) is 14.7. The molecule has 3 aliphatic rings. The van der Waals surface area contributed by atoms with Crippen LogP contribution in [0.4, 0.5) is 5.69 Å². The number of nitrogens with zero attached hydrogens (tertiary/aromatic N) is 1. The first-order valence-corrected chi connectivity index (χ1v) is 8.00. The summed E-state index contributed by atoms with van der Waals surface area (Å²) in [6.45, 7) is 1.60. The number of aliphatic hydroxyl groups excluding tert-OH is 1. The summed E-state index contributed by atoms with van der Waals surface area (Å²) in [5.41, 5.74) is 2.14. The normalized spacial score (nSPS) is 33.7. The number of hydrogen-bond acceptors (Lipinski definition) is 3. The Kier molecular flexibility index (Phi) is 3.12. The molecule has 4 rings (SSSR count). The molecule has 4 nitrogen and oxygen atoms in total. The van der Waals surface area contributed by atoms with Crippen LogP contribution in [0.25, 0.3) is 0 Å². The van der Waals surface area contributed by atoms with Gasteiger partial charge in [-0.25, -0.2) is 0 Å². The molecular weight excluding hydrogens is 288 g/mol. The SMILES string of the molecule is O=C(C1Cc2cc(Cl)ccc2N1)N1C[C@H]2CC(O)C[C@H]2C1. The second-order valence-corrected chi connectivity index (χ2v) is 7.03. The van der Waals surface area contributed by atoms with Gasteiger partial charge in [0.2, 0.25) is 5.91 Å². The molecule has 1 aromatic rings. The highest BCUT2D eigenvalue weighted by Crippen LogP contribution is 2.39. The third-order valence-electron chi connectivity index (χ3n) is 5.16. The molecule has 2 unspecified atom stereocenters. The third-order valence-corrected chi connectivity index (χ3v) is 5.39. The van der Waals surface area contributed by atoms with E-state index in [0.717, 1.165) is 37.2 Å². The van der Waals surface area contributed by atoms with Crippen LogP contribution in [0.5, 0.6) is 0 Å². The van der Waals surface area contributed by atoms with Crippen molar-refractivity contribution >= 4 is 23.2 Å². The van der Waals surface area contributed by atoms with E-state index in [4.69, 9.17) is 11.6 Å². The highest BCUT2D eigenvalue weighted by atomic mass is 35.5. The summed E-state index contributed by atoms with van der Waals surface area (Å²) in [6.07, 6.45) is 2.25. The predicted molar refractivity (Wildman–Crippen MR) is 81.4 cm³/mol. The molecule has 1 saturated carbocycles. The Labute approximate surface area is 129 Å². The van der Waals surface area contributed by atoms with Crippen LogP contribution in [-0.4, -0.2) is 41.1 Å². The molecule has 2 N–H and O–H groups in total. The zero-order valence-electron chi connectivity index (χ0n) is 11.8. The fourth-order valence-electron chi connectivity index (χ4n) is 4.15. The van der Waals surface area contributed by atoms with Gasteiger partial charge in [0.05, 0.1) is 6.10 Å². The number of amides is 1. The van der Waals surface area contributed by atoms with Gasteiger partial charge in [-0.05, 0) is 48.4 Å². The van der Waals surface area contributed by atoms with E-state index >= 15 is 0 Å². The van der Waals surface area contributed by atoms with Crippen molar-refractivity contribution in [2.75, 3.05) is 18.4 Å². The highest BCUT2D eigenvalue weighted by Gasteiger charge is 2.43. The number of aliphatic hydroxyl groups is 1. The summed E-state index contributed by atoms with van der Waals surface area (Å²) in [5, 5.41) is 13.7. The zero-order valence-corrected chi connectivity index (χ0v) is 12.5. The molecule has 2 aliphatic heterocycles. The minimum Gasteiger partial charge on any atom is -0.393 e. The van der Waals surface area contributed by atoms with E-state index in [1.165, 1.54) is 0 Å². The Morgan fingerprint density at radius 3 is 2.71 bits per heavy atom. The van der Waals surface area contributed by atoms with Crippen molar-refractivity contribution < 1.29 is 9.90 Å². The first-order valence-electron chi connectivity index (χ1n) is 7.62. The Balaban J connectivity index is 1.44. The van der Waals surface area contributed by atoms with E-state index in [9.17, 15) is 9.90 Å². The number of hydrogen-bond donors (Lipinski definition) is 2. The molecule has 0 bridgehead atoms. The maximum atomic E-state index is 12.7. The number of nitrogens with one attached hydrogen (secondary N) is 1. The summed E-state index contributed by atoms with van der Waals surface area (Å²) >= 11 is 6.01. The number of anilines is 1. The number of likely N-dealkylation sites (tertiary alicyclic amines) is 1. The van der Waals surface area contributed by atoms with Crippen molar-refractivity contribution in [3.05, 3.63) is 28.8 Å². The van der Waals surface area contributed by atoms with Crippen molar-refractivity contribution in [2.24, 2.45) is 11.8 Å². The van der Waals surface area contributed by atoms with E-state index in [1.54, 1.807) is 0 Å². The van der Waals surface area contributed by atoms with Gasteiger partial charge in [0.25, 0.3) is 0 Å². The molecule has 0 spiro atoms. The van der Waals surface area contributed by atoms with Crippen LogP contribution in [0.3, 0.4) is 0 Å². The number of fused-ring (bicyclic) bond motifs is 2. The number of benzene rings is 1. The van der Waals surface area contributed by atoms with Gasteiger partial charge in [-0.2, -0.15) is 0 Å². The minimum atomic E-state index is -0.165. The van der Waals surface area contributed by atoms with Gasteiger partial charge >= 0.3 is 0 Å². The van der Waals surface area contributed by atoms with Crippen LogP contribution < -0.4 is 5.32 Å². The lowest BCUT2D eigenvalue weighted by Crippen LogP contribution is -2.41. The van der Waals surface area contributed by atoms with Crippen LogP contribution in [0.1, 0.15) is 18.4 Å². The Hall–Kier alpha value is -1.26. The molecule has 0 aromatic heterocycles. The van der Waals surface area contributed by atoms with Crippen LogP contribution in [-0.2, 0) is 11.2 Å². The fraction of sp³-hybridized carbons (Fsp3) is 0.562. The fourth-order valence-corrected chi connectivity index (χ4v) is 4.34. The quantitative estimate of drug-likeness (QED) is 0.833. The van der Waals surface area contributed by atoms with Crippen LogP contribution in [0.15, 0.2) is 18.2 Å². The topological polar surface area (TPSA) is 52.6 Å². The van der Waals surface area contributed by atoms with Gasteiger partial charge in [0, 0.05) is 30.2 Å². The molecule has 5 heteroatoms. The molecule has 1 amide bonds. The number of rotatable bonds is 1. The smallest absolute Gasteiger partial charge is 0.245 e. The molecule has 2 heterocycles. The van der Waals surface area contributed by atoms with E-state index < -0.39 is 0 Å². The molecule has 112 valence electrons. The van der Waals surface area contributed by atoms with Crippen molar-refractivity contribution in [1.29, 1.82) is 0 Å². The van der Waals surface area contributed by atoms with Crippen molar-refractivity contribution in [1.82, 2.24) is 4.90 Å². The van der Waals surface area contributed by atoms with Crippen LogP contribution in [0, 0.1) is 11.8 Å². The molecule has 1 aliphatic carbocycles. The van der Waals surface area contributed by atoms with Gasteiger partial charge < -0.3 is 15.3 Å². The molecule has 1 aromatic carbocycles. The standard InChI is InChI=1S/C16H19ClN2O2/c17-12-1-2-14-9(3-12)6-15(18-14)16(21)19-7-10-4-13(20)5-11(10)8-19/h1-3,10-11,13,15,18,20H,4-8H2/t10-,11+,13?,15?. The number of carbonyl (C=O) groups is 1. The molecule has 4 atom stereocenters. The van der Waals surface area contributed by atoms with Gasteiger partial charge in [0.15, 0.2) is 0 Å². The average molecular weight is 307 g/mol. The van der Waals surface area contributed by atoms with E-state index in [0.29, 0.717) is 23.3 Å². The maximum absolute atomic E-state index is 12.7. The minimum absolute atomic E-state index is 0.159. The molecule has 0 radical (unpaired) electrons. The lowest BCUT2D eigenvalue weighted by Gasteiger charge is -2.22. The van der Waals surface area contributed by atoms with Gasteiger partial charge in [-0.1, -0.05) is 11.6 Å². The monoisotopic (exact) mass is 306 g/mol. The molecule has 21 heavy (non-hydrogen) atoms. The summed E-state index contributed by atoms with van der Waals surface area (Å²) in [6, 6.07) is 5.57. The van der Waals surface area contributed by atoms with Crippen molar-refractivity contribution in [3.8, 4) is 0 Å². The zero-order chi connectivity index (χ0) is 14.6. The summed E-state index contributed by atoms with van der Waals surface area (Å²) in [5.74, 6) is 1.16. The average Bonchev–Trinajstić information content (AvgIpc) is 3.08. The van der Waals surface area contributed by atoms with Crippen molar-refractivity contribution in [2.45, 2.75) is 31.4 Å². The van der Waals surface area contributed by atoms with Crippen LogP contribution >= 0.6 is 11.6 Å². The Bertz CT molecular complexity index is 578. The third kappa shape index (κ3) is 2.30. The second kappa shape index (κ2) is 4.89. The second-order valence-electron chi connectivity index (χ2n) is 6.59. The lowest BCUT2D eigenvalue weighted by molar-refractivity contribution is -0.131. The lowest BCUT2D eigenvalue weighted by atomic mass is 10.0. The summed E-state index contributed by atoms with van der Waals surface area (Å²) in [7, 11) is 0. The number of carbonyl (C=O) groups excluding carboxylic acids is 1. The molecule has 1 saturated heterocycles. The van der Waals surface area contributed by atoms with Gasteiger partial charge in [-0.15, -0.1) is 0 Å². The first kappa shape index (κ1) is 13.4. The van der Waals surface area contributed by atoms with E-state index in [1.807, 2.05) is 23.1 Å². The van der Waals surface area contributed by atoms with Crippen LogP contribution in [0.2, 0.25) is 5.02 Å². The Morgan fingerprint density at radius 1 is 1.29 bits per heavy atom. The summed E-state index contributed by atoms with van der Waals surface area (Å²) < 4.78 is 0. The predicted octanol–water partition coefficient (Wildman–Crippen LogP) is 1.91. The largest absolute Gasteiger partial charge is 0.393 e. The maximum Gasteiger partial charge on any atom is 0.245 e. The molecule has 2 fully saturated rings. The highest BCUT2D eigenvalue weighted by molar-refractivity contribution is 6.30.